The molecule has 0 aliphatic rings. The van der Waals surface area contributed by atoms with Crippen LogP contribution in [0.2, 0.25) is 0 Å². The van der Waals surface area contributed by atoms with Gasteiger partial charge in [-0.2, -0.15) is 4.98 Å². The van der Waals surface area contributed by atoms with Gasteiger partial charge in [-0.3, -0.25) is 4.79 Å². The smallest absolute Gasteiger partial charge is 0.227 e. The van der Waals surface area contributed by atoms with E-state index >= 15 is 0 Å². The zero-order chi connectivity index (χ0) is 18.0. The Labute approximate surface area is 147 Å². The minimum absolute atomic E-state index is 0.653. The Morgan fingerprint density at radius 2 is 1.88 bits per heavy atom. The fourth-order valence-corrected chi connectivity index (χ4v) is 2.86. The molecule has 0 saturated heterocycles. The zero-order valence-corrected chi connectivity index (χ0v) is 15.1. The predicted molar refractivity (Wildman–Crippen MR) is 102 cm³/mol. The highest BCUT2D eigenvalue weighted by molar-refractivity contribution is 5.92. The van der Waals surface area contributed by atoms with Gasteiger partial charge >= 0.3 is 0 Å². The second-order valence-corrected chi connectivity index (χ2v) is 6.09. The number of hydrogen-bond acceptors (Lipinski definition) is 5. The first-order valence-corrected chi connectivity index (χ1v) is 8.45. The Bertz CT molecular complexity index is 896. The van der Waals surface area contributed by atoms with E-state index in [4.69, 9.17) is 9.97 Å². The van der Waals surface area contributed by atoms with Gasteiger partial charge in [0.2, 0.25) is 5.95 Å². The van der Waals surface area contributed by atoms with E-state index < -0.39 is 0 Å². The van der Waals surface area contributed by atoms with Gasteiger partial charge in [0.05, 0.1) is 5.52 Å². The number of fused-ring (bicyclic) bond motifs is 1. The molecule has 0 unspecified atom stereocenters. The lowest BCUT2D eigenvalue weighted by atomic mass is 10.2. The first-order chi connectivity index (χ1) is 12.1. The maximum absolute atomic E-state index is 10.9. The third-order valence-corrected chi connectivity index (χ3v) is 4.26. The summed E-state index contributed by atoms with van der Waals surface area (Å²) in [6, 6.07) is 7.91. The van der Waals surface area contributed by atoms with E-state index in [2.05, 4.69) is 24.8 Å². The highest BCUT2D eigenvalue weighted by atomic mass is 16.1. The summed E-state index contributed by atoms with van der Waals surface area (Å²) >= 11 is 0. The molecule has 6 heteroatoms. The first-order valence-electron chi connectivity index (χ1n) is 8.45. The molecule has 0 spiro atoms. The van der Waals surface area contributed by atoms with Crippen LogP contribution < -0.4 is 9.80 Å². The molecule has 2 heterocycles. The van der Waals surface area contributed by atoms with Crippen LogP contribution in [-0.2, 0) is 0 Å². The minimum Gasteiger partial charge on any atom is -0.356 e. The number of hydrogen-bond donors (Lipinski definition) is 0. The van der Waals surface area contributed by atoms with Gasteiger partial charge < -0.3 is 14.4 Å². The Hall–Kier alpha value is -2.89. The third kappa shape index (κ3) is 3.20. The van der Waals surface area contributed by atoms with Crippen LogP contribution in [0.3, 0.4) is 0 Å². The molecule has 0 N–H and O–H groups in total. The van der Waals surface area contributed by atoms with Crippen molar-refractivity contribution in [2.24, 2.45) is 0 Å². The van der Waals surface area contributed by atoms with Gasteiger partial charge in [-0.1, -0.05) is 0 Å². The lowest BCUT2D eigenvalue weighted by Crippen LogP contribution is -2.25. The molecule has 25 heavy (non-hydrogen) atoms. The summed E-state index contributed by atoms with van der Waals surface area (Å²) in [6.45, 7) is 6.03. The average Bonchev–Trinajstić information content (AvgIpc) is 3.11. The maximum Gasteiger partial charge on any atom is 0.227 e. The summed E-state index contributed by atoms with van der Waals surface area (Å²) in [7, 11) is 3.89. The first kappa shape index (κ1) is 17.0. The Morgan fingerprint density at radius 3 is 2.48 bits per heavy atom. The lowest BCUT2D eigenvalue weighted by molar-refractivity contribution is 0.112. The summed E-state index contributed by atoms with van der Waals surface area (Å²) in [5, 5.41) is 1.03. The second-order valence-electron chi connectivity index (χ2n) is 6.09. The fraction of sp³-hybridized carbons (Fsp3) is 0.316. The Morgan fingerprint density at radius 1 is 1.12 bits per heavy atom. The normalized spacial score (nSPS) is 10.9. The van der Waals surface area contributed by atoms with Crippen LogP contribution in [0.1, 0.15) is 24.2 Å². The van der Waals surface area contributed by atoms with Crippen LogP contribution >= 0.6 is 0 Å². The van der Waals surface area contributed by atoms with Crippen LogP contribution in [0.15, 0.2) is 36.7 Å². The molecule has 3 rings (SSSR count). The van der Waals surface area contributed by atoms with Crippen LogP contribution in [0.5, 0.6) is 0 Å². The van der Waals surface area contributed by atoms with E-state index in [1.54, 1.807) is 6.07 Å². The maximum atomic E-state index is 10.9. The molecule has 130 valence electrons. The summed E-state index contributed by atoms with van der Waals surface area (Å²) in [5.74, 6) is 1.64. The van der Waals surface area contributed by atoms with Crippen molar-refractivity contribution < 1.29 is 4.79 Å². The molecular formula is C19H23N5O. The monoisotopic (exact) mass is 337 g/mol. The largest absolute Gasteiger partial charge is 0.356 e. The molecule has 3 aromatic rings. The summed E-state index contributed by atoms with van der Waals surface area (Å²) in [4.78, 5) is 24.5. The molecule has 0 atom stereocenters. The van der Waals surface area contributed by atoms with E-state index in [0.29, 0.717) is 11.5 Å². The Balaban J connectivity index is 2.19. The number of aldehydes is 1. The van der Waals surface area contributed by atoms with Crippen molar-refractivity contribution in [3.63, 3.8) is 0 Å². The molecular weight excluding hydrogens is 314 g/mol. The van der Waals surface area contributed by atoms with Crippen LogP contribution in [0.25, 0.3) is 16.6 Å². The average molecular weight is 337 g/mol. The highest BCUT2D eigenvalue weighted by Gasteiger charge is 2.14. The highest BCUT2D eigenvalue weighted by Crippen LogP contribution is 2.28. The summed E-state index contributed by atoms with van der Waals surface area (Å²) in [6.07, 6.45) is 4.54. The van der Waals surface area contributed by atoms with E-state index in [1.165, 1.54) is 0 Å². The Kier molecular flexibility index (Phi) is 4.70. The van der Waals surface area contributed by atoms with Crippen molar-refractivity contribution in [2.75, 3.05) is 37.0 Å². The SMILES string of the molecule is CCN(CC)c1nc(N(C)C)nc2cc(-n3ccc(C=O)c3)ccc12. The number of nitrogens with zero attached hydrogens (tertiary/aromatic N) is 5. The van der Waals surface area contributed by atoms with E-state index in [-0.39, 0.29) is 0 Å². The summed E-state index contributed by atoms with van der Waals surface area (Å²) < 4.78 is 1.93. The molecule has 0 radical (unpaired) electrons. The molecule has 0 aliphatic carbocycles. The van der Waals surface area contributed by atoms with Crippen molar-refractivity contribution >= 4 is 29.0 Å². The van der Waals surface area contributed by atoms with Crippen molar-refractivity contribution in [1.29, 1.82) is 0 Å². The molecule has 0 amide bonds. The number of carbonyl (C=O) groups is 1. The molecule has 6 nitrogen and oxygen atoms in total. The predicted octanol–water partition coefficient (Wildman–Crippen LogP) is 3.15. The van der Waals surface area contributed by atoms with E-state index in [0.717, 1.165) is 41.8 Å². The molecule has 0 bridgehead atoms. The van der Waals surface area contributed by atoms with Crippen molar-refractivity contribution in [2.45, 2.75) is 13.8 Å². The number of aromatic nitrogens is 3. The van der Waals surface area contributed by atoms with Crippen LogP contribution in [0.4, 0.5) is 11.8 Å². The van der Waals surface area contributed by atoms with Gasteiger partial charge in [0, 0.05) is 56.2 Å². The lowest BCUT2D eigenvalue weighted by Gasteiger charge is -2.23. The zero-order valence-electron chi connectivity index (χ0n) is 15.1. The number of anilines is 2. The minimum atomic E-state index is 0.653. The number of carbonyl (C=O) groups excluding carboxylic acids is 1. The van der Waals surface area contributed by atoms with Crippen LogP contribution in [-0.4, -0.2) is 48.0 Å². The summed E-state index contributed by atoms with van der Waals surface area (Å²) in [5.41, 5.74) is 2.51. The molecule has 0 aliphatic heterocycles. The molecule has 0 saturated carbocycles. The number of benzene rings is 1. The van der Waals surface area contributed by atoms with Crippen LogP contribution in [0, 0.1) is 0 Å². The number of rotatable bonds is 6. The van der Waals surface area contributed by atoms with Gasteiger partial charge in [-0.15, -0.1) is 0 Å². The molecule has 0 fully saturated rings. The molecule has 1 aromatic carbocycles. The fourth-order valence-electron chi connectivity index (χ4n) is 2.86. The van der Waals surface area contributed by atoms with Gasteiger partial charge in [0.1, 0.15) is 5.82 Å². The quantitative estimate of drug-likeness (QED) is 0.647. The van der Waals surface area contributed by atoms with E-state index in [9.17, 15) is 4.79 Å². The van der Waals surface area contributed by atoms with E-state index in [1.807, 2.05) is 48.1 Å². The standard InChI is InChI=1S/C19H23N5O/c1-5-23(6-2)18-16-8-7-15(24-10-9-14(12-24)13-25)11-17(16)20-19(21-18)22(3)4/h7-13H,5-6H2,1-4H3. The van der Waals surface area contributed by atoms with Crippen molar-refractivity contribution in [3.8, 4) is 5.69 Å². The van der Waals surface area contributed by atoms with Gasteiger partial charge in [0.15, 0.2) is 6.29 Å². The van der Waals surface area contributed by atoms with Gasteiger partial charge in [-0.25, -0.2) is 4.98 Å². The van der Waals surface area contributed by atoms with Crippen molar-refractivity contribution in [1.82, 2.24) is 14.5 Å². The molecule has 2 aromatic heterocycles. The van der Waals surface area contributed by atoms with Gasteiger partial charge in [0.25, 0.3) is 0 Å². The second kappa shape index (κ2) is 6.93. The topological polar surface area (TPSA) is 54.3 Å². The third-order valence-electron chi connectivity index (χ3n) is 4.26. The van der Waals surface area contributed by atoms with Gasteiger partial charge in [-0.05, 0) is 38.1 Å². The van der Waals surface area contributed by atoms with Crippen molar-refractivity contribution in [3.05, 3.63) is 42.2 Å².